The summed E-state index contributed by atoms with van der Waals surface area (Å²) in [4.78, 5) is 11.8. The molecule has 0 saturated carbocycles. The molecule has 14 heavy (non-hydrogen) atoms. The van der Waals surface area contributed by atoms with Gasteiger partial charge in [-0.05, 0) is 0 Å². The minimum Gasteiger partial charge on any atom is -0.390 e. The van der Waals surface area contributed by atoms with Crippen molar-refractivity contribution in [3.63, 3.8) is 0 Å². The van der Waals surface area contributed by atoms with Crippen LogP contribution in [0.25, 0.3) is 0 Å². The zero-order valence-corrected chi connectivity index (χ0v) is 10.0. The topological polar surface area (TPSA) is 91.2 Å². The van der Waals surface area contributed by atoms with Crippen LogP contribution in [0.2, 0.25) is 0 Å². The number of carbonyl (C=O) groups is 1. The normalized spacial score (nSPS) is 11.3. The van der Waals surface area contributed by atoms with Crippen LogP contribution < -0.4 is 0 Å². The van der Waals surface area contributed by atoms with Gasteiger partial charge in [0, 0.05) is 6.26 Å². The van der Waals surface area contributed by atoms with E-state index in [0.717, 1.165) is 17.2 Å². The molecule has 0 unspecified atom stereocenters. The average Bonchev–Trinajstić information content (AvgIpc) is 2.48. The van der Waals surface area contributed by atoms with Crippen LogP contribution in [0.1, 0.15) is 10.5 Å². The number of aromatic nitrogens is 3. The molecule has 7 nitrogen and oxygen atoms in total. The van der Waals surface area contributed by atoms with Gasteiger partial charge in [-0.2, -0.15) is 9.90 Å². The molecule has 9 heteroatoms. The van der Waals surface area contributed by atoms with E-state index in [1.54, 1.807) is 0 Å². The Labute approximate surface area is 94.0 Å². The maximum absolute atomic E-state index is 10.9. The second kappa shape index (κ2) is 4.21. The summed E-state index contributed by atoms with van der Waals surface area (Å²) in [6.07, 6.45) is 2.19. The second-order valence-corrected chi connectivity index (χ2v) is 5.07. The summed E-state index contributed by atoms with van der Waals surface area (Å²) in [5.41, 5.74) is -0.0250. The summed E-state index contributed by atoms with van der Waals surface area (Å²) >= 11 is 1.41. The van der Waals surface area contributed by atoms with Crippen molar-refractivity contribution < 1.29 is 16.3 Å². The van der Waals surface area contributed by atoms with Crippen molar-refractivity contribution in [2.24, 2.45) is 0 Å². The largest absolute Gasteiger partial charge is 0.390 e. The molecule has 0 aliphatic rings. The first-order valence-electron chi connectivity index (χ1n) is 3.33. The first-order valence-corrected chi connectivity index (χ1v) is 6.27. The van der Waals surface area contributed by atoms with Crippen LogP contribution in [-0.2, 0) is 18.8 Å². The van der Waals surface area contributed by atoms with Crippen LogP contribution in [0.15, 0.2) is 6.20 Å². The van der Waals surface area contributed by atoms with Crippen LogP contribution in [0.5, 0.6) is 0 Å². The van der Waals surface area contributed by atoms with E-state index in [9.17, 15) is 13.2 Å². The highest BCUT2D eigenvalue weighted by Crippen LogP contribution is 2.00. The molecule has 0 spiro atoms. The van der Waals surface area contributed by atoms with Gasteiger partial charge in [-0.15, -0.1) is 5.10 Å². The third kappa shape index (κ3) is 3.21. The zero-order chi connectivity index (χ0) is 10.8. The monoisotopic (exact) mass is 331 g/mol. The Bertz CT molecular complexity index is 440. The van der Waals surface area contributed by atoms with E-state index in [1.165, 1.54) is 23.0 Å². The molecule has 0 amide bonds. The SMILES string of the molecule is CS(=O)(=O)Cn1ncc(C(=O)OI)n1. The lowest BCUT2D eigenvalue weighted by Crippen LogP contribution is -2.12. The molecule has 0 radical (unpaired) electrons. The van der Waals surface area contributed by atoms with Gasteiger partial charge < -0.3 is 3.07 Å². The van der Waals surface area contributed by atoms with Crippen molar-refractivity contribution in [1.29, 1.82) is 0 Å². The molecule has 0 aliphatic heterocycles. The molecule has 0 N–H and O–H groups in total. The first-order chi connectivity index (χ1) is 6.42. The van der Waals surface area contributed by atoms with Crippen LogP contribution in [0.3, 0.4) is 0 Å². The van der Waals surface area contributed by atoms with Crippen molar-refractivity contribution in [3.8, 4) is 0 Å². The molecule has 0 atom stereocenters. The fourth-order valence-electron chi connectivity index (χ4n) is 0.702. The molecule has 1 rings (SSSR count). The molecule has 78 valence electrons. The van der Waals surface area contributed by atoms with E-state index in [4.69, 9.17) is 0 Å². The van der Waals surface area contributed by atoms with Crippen molar-refractivity contribution in [1.82, 2.24) is 15.0 Å². The van der Waals surface area contributed by atoms with E-state index >= 15 is 0 Å². The van der Waals surface area contributed by atoms with E-state index in [1.807, 2.05) is 0 Å². The number of sulfone groups is 1. The third-order valence-corrected chi connectivity index (χ3v) is 2.27. The molecule has 0 bridgehead atoms. The molecule has 1 aromatic rings. The van der Waals surface area contributed by atoms with Crippen LogP contribution in [-0.4, -0.2) is 35.6 Å². The van der Waals surface area contributed by atoms with Gasteiger partial charge in [0.25, 0.3) is 0 Å². The predicted molar refractivity (Wildman–Crippen MR) is 54.3 cm³/mol. The lowest BCUT2D eigenvalue weighted by atomic mass is 10.5. The smallest absolute Gasteiger partial charge is 0.369 e. The zero-order valence-electron chi connectivity index (χ0n) is 7.05. The summed E-state index contributed by atoms with van der Waals surface area (Å²) < 4.78 is 26.0. The lowest BCUT2D eigenvalue weighted by Gasteiger charge is -1.95. The van der Waals surface area contributed by atoms with Crippen LogP contribution in [0, 0.1) is 0 Å². The fourth-order valence-corrected chi connectivity index (χ4v) is 1.47. The van der Waals surface area contributed by atoms with Gasteiger partial charge in [0.15, 0.2) is 44.4 Å². The number of nitrogens with zero attached hydrogens (tertiary/aromatic N) is 3. The summed E-state index contributed by atoms with van der Waals surface area (Å²) in [6.45, 7) is 0. The van der Waals surface area contributed by atoms with Gasteiger partial charge >= 0.3 is 5.97 Å². The predicted octanol–water partition coefficient (Wildman–Crippen LogP) is -0.213. The highest BCUT2D eigenvalue weighted by molar-refractivity contribution is 14.1. The molecule has 0 fully saturated rings. The summed E-state index contributed by atoms with van der Waals surface area (Å²) in [7, 11) is -3.21. The van der Waals surface area contributed by atoms with E-state index in [-0.39, 0.29) is 11.6 Å². The standard InChI is InChI=1S/C5H6IN3O4S/c1-14(11,12)3-9-7-2-4(8-9)5(10)13-6/h2H,3H2,1H3. The summed E-state index contributed by atoms with van der Waals surface area (Å²) in [6, 6.07) is 0. The van der Waals surface area contributed by atoms with E-state index < -0.39 is 15.8 Å². The van der Waals surface area contributed by atoms with E-state index in [0.29, 0.717) is 0 Å². The minimum atomic E-state index is -3.21. The first kappa shape index (κ1) is 11.4. The Morgan fingerprint density at radius 1 is 1.71 bits per heavy atom. The van der Waals surface area contributed by atoms with Crippen molar-refractivity contribution in [3.05, 3.63) is 11.9 Å². The van der Waals surface area contributed by atoms with Crippen molar-refractivity contribution >= 4 is 38.8 Å². The number of hydrogen-bond acceptors (Lipinski definition) is 6. The maximum Gasteiger partial charge on any atom is 0.369 e. The Balaban J connectivity index is 2.84. The Hall–Kier alpha value is -0.710. The number of carbonyl (C=O) groups excluding carboxylic acids is 1. The summed E-state index contributed by atoms with van der Waals surface area (Å²) in [5, 5.41) is 7.21. The van der Waals surface area contributed by atoms with Crippen molar-refractivity contribution in [2.75, 3.05) is 6.26 Å². The minimum absolute atomic E-state index is 0.0250. The van der Waals surface area contributed by atoms with E-state index in [2.05, 4.69) is 13.3 Å². The average molecular weight is 331 g/mol. The molecule has 1 aromatic heterocycles. The van der Waals surface area contributed by atoms with Gasteiger partial charge in [-0.1, -0.05) is 0 Å². The Kier molecular flexibility index (Phi) is 3.42. The lowest BCUT2D eigenvalue weighted by molar-refractivity contribution is 0.0793. The molecular weight excluding hydrogens is 325 g/mol. The fraction of sp³-hybridized carbons (Fsp3) is 0.400. The van der Waals surface area contributed by atoms with Gasteiger partial charge in [0.1, 0.15) is 0 Å². The quantitative estimate of drug-likeness (QED) is 0.712. The van der Waals surface area contributed by atoms with Gasteiger partial charge in [-0.3, -0.25) is 0 Å². The Morgan fingerprint density at radius 3 is 2.86 bits per heavy atom. The van der Waals surface area contributed by atoms with Crippen LogP contribution >= 0.6 is 23.0 Å². The third-order valence-electron chi connectivity index (χ3n) is 1.17. The number of rotatable bonds is 3. The molecular formula is C5H6IN3O4S. The van der Waals surface area contributed by atoms with Gasteiger partial charge in [0.05, 0.1) is 6.20 Å². The molecule has 0 saturated heterocycles. The van der Waals surface area contributed by atoms with Gasteiger partial charge in [0.2, 0.25) is 0 Å². The molecule has 0 aliphatic carbocycles. The maximum atomic E-state index is 10.9. The molecule has 1 heterocycles. The number of halogens is 1. The molecule has 0 aromatic carbocycles. The number of hydrogen-bond donors (Lipinski definition) is 0. The Morgan fingerprint density at radius 2 is 2.36 bits per heavy atom. The highest BCUT2D eigenvalue weighted by atomic mass is 127. The van der Waals surface area contributed by atoms with Gasteiger partial charge in [-0.25, -0.2) is 13.2 Å². The van der Waals surface area contributed by atoms with Crippen molar-refractivity contribution in [2.45, 2.75) is 5.88 Å². The highest BCUT2D eigenvalue weighted by Gasteiger charge is 2.13. The summed E-state index contributed by atoms with van der Waals surface area (Å²) in [5.74, 6) is -1.02. The van der Waals surface area contributed by atoms with Crippen LogP contribution in [0.4, 0.5) is 0 Å². The second-order valence-electron chi connectivity index (χ2n) is 2.52.